The molecule has 0 aromatic rings. The van der Waals surface area contributed by atoms with E-state index in [0.717, 1.165) is 25.8 Å². The van der Waals surface area contributed by atoms with Crippen molar-refractivity contribution in [1.29, 1.82) is 0 Å². The number of carbonyl (C=O) groups is 2. The highest BCUT2D eigenvalue weighted by Gasteiger charge is 2.28. The quantitative estimate of drug-likeness (QED) is 0.638. The third-order valence-electron chi connectivity index (χ3n) is 3.13. The van der Waals surface area contributed by atoms with Crippen molar-refractivity contribution in [3.05, 3.63) is 0 Å². The lowest BCUT2D eigenvalue weighted by Crippen LogP contribution is -2.44. The average molecular weight is 211 g/mol. The van der Waals surface area contributed by atoms with Gasteiger partial charge in [0.2, 0.25) is 5.91 Å². The Balaban J connectivity index is 1.90. The van der Waals surface area contributed by atoms with Gasteiger partial charge in [-0.1, -0.05) is 0 Å². The van der Waals surface area contributed by atoms with E-state index >= 15 is 0 Å². The predicted molar refractivity (Wildman–Crippen MR) is 54.4 cm³/mol. The number of amides is 1. The predicted octanol–water partition coefficient (Wildman–Crippen LogP) is 0.605. The first kappa shape index (κ1) is 10.6. The Kier molecular flexibility index (Phi) is 3.36. The van der Waals surface area contributed by atoms with Gasteiger partial charge >= 0.3 is 0 Å². The van der Waals surface area contributed by atoms with Crippen molar-refractivity contribution in [2.75, 3.05) is 26.3 Å². The van der Waals surface area contributed by atoms with Crippen LogP contribution in [0.3, 0.4) is 0 Å². The van der Waals surface area contributed by atoms with Gasteiger partial charge in [-0.25, -0.2) is 0 Å². The van der Waals surface area contributed by atoms with Gasteiger partial charge in [0.15, 0.2) is 5.78 Å². The van der Waals surface area contributed by atoms with Crippen molar-refractivity contribution >= 4 is 11.7 Å². The largest absolute Gasteiger partial charge is 0.381 e. The zero-order valence-corrected chi connectivity index (χ0v) is 8.91. The molecule has 15 heavy (non-hydrogen) atoms. The normalized spacial score (nSPS) is 24.3. The smallest absolute Gasteiger partial charge is 0.226 e. The van der Waals surface area contributed by atoms with Crippen LogP contribution >= 0.6 is 0 Å². The van der Waals surface area contributed by atoms with Gasteiger partial charge in [0.05, 0.1) is 6.54 Å². The number of nitrogens with zero attached hydrogens (tertiary/aromatic N) is 1. The fraction of sp³-hybridized carbons (Fsp3) is 0.818. The molecule has 2 rings (SSSR count). The van der Waals surface area contributed by atoms with Gasteiger partial charge in [0, 0.05) is 32.1 Å². The van der Waals surface area contributed by atoms with Crippen molar-refractivity contribution in [2.24, 2.45) is 5.92 Å². The molecule has 0 saturated carbocycles. The Bertz CT molecular complexity index is 259. The molecule has 0 unspecified atom stereocenters. The summed E-state index contributed by atoms with van der Waals surface area (Å²) >= 11 is 0. The number of rotatable bonds is 1. The van der Waals surface area contributed by atoms with E-state index in [0.29, 0.717) is 26.2 Å². The fourth-order valence-electron chi connectivity index (χ4n) is 2.23. The molecule has 0 bridgehead atoms. The zero-order valence-electron chi connectivity index (χ0n) is 8.91. The molecular formula is C11H17NO3. The first-order chi connectivity index (χ1) is 7.27. The van der Waals surface area contributed by atoms with E-state index in [4.69, 9.17) is 4.74 Å². The molecule has 1 amide bonds. The molecule has 0 aliphatic carbocycles. The summed E-state index contributed by atoms with van der Waals surface area (Å²) in [6, 6.07) is 0. The average Bonchev–Trinajstić information content (AvgIpc) is 2.29. The molecule has 2 fully saturated rings. The summed E-state index contributed by atoms with van der Waals surface area (Å²) in [4.78, 5) is 25.0. The van der Waals surface area contributed by atoms with Crippen LogP contribution in [0.4, 0.5) is 0 Å². The highest BCUT2D eigenvalue weighted by molar-refractivity contribution is 5.88. The zero-order chi connectivity index (χ0) is 10.7. The van der Waals surface area contributed by atoms with Crippen molar-refractivity contribution in [3.8, 4) is 0 Å². The van der Waals surface area contributed by atoms with Crippen molar-refractivity contribution in [2.45, 2.75) is 25.7 Å². The van der Waals surface area contributed by atoms with E-state index in [1.54, 1.807) is 4.90 Å². The summed E-state index contributed by atoms with van der Waals surface area (Å²) in [6.07, 6.45) is 3.08. The summed E-state index contributed by atoms with van der Waals surface area (Å²) < 4.78 is 5.22. The molecule has 2 aliphatic rings. The minimum Gasteiger partial charge on any atom is -0.381 e. The Hall–Kier alpha value is -0.900. The first-order valence-electron chi connectivity index (χ1n) is 5.65. The third-order valence-corrected chi connectivity index (χ3v) is 3.13. The summed E-state index contributed by atoms with van der Waals surface area (Å²) in [5.74, 6) is 0.442. The van der Waals surface area contributed by atoms with Crippen LogP contribution in [-0.2, 0) is 14.3 Å². The van der Waals surface area contributed by atoms with Crippen LogP contribution in [0.2, 0.25) is 0 Å². The Morgan fingerprint density at radius 1 is 1.33 bits per heavy atom. The number of carbonyl (C=O) groups excluding carboxylic acids is 2. The van der Waals surface area contributed by atoms with Crippen LogP contribution in [0.25, 0.3) is 0 Å². The van der Waals surface area contributed by atoms with Crippen LogP contribution in [0.1, 0.15) is 25.7 Å². The Labute approximate surface area is 89.6 Å². The van der Waals surface area contributed by atoms with Gasteiger partial charge in [-0.3, -0.25) is 9.59 Å². The minimum absolute atomic E-state index is 0.0876. The van der Waals surface area contributed by atoms with E-state index in [2.05, 4.69) is 0 Å². The maximum atomic E-state index is 12.0. The highest BCUT2D eigenvalue weighted by Crippen LogP contribution is 2.19. The number of Topliss-reactive ketones (excluding diaryl/α,β-unsaturated/α-hetero) is 1. The summed E-state index contributed by atoms with van der Waals surface area (Å²) in [5, 5.41) is 0. The number of piperidine rings is 1. The topological polar surface area (TPSA) is 46.6 Å². The molecule has 0 N–H and O–H groups in total. The molecule has 0 aromatic carbocycles. The standard InChI is InChI=1S/C11H17NO3/c13-10-2-1-5-12(8-10)11(14)9-3-6-15-7-4-9/h9H,1-8H2. The maximum absolute atomic E-state index is 12.0. The highest BCUT2D eigenvalue weighted by atomic mass is 16.5. The summed E-state index contributed by atoms with van der Waals surface area (Å²) in [7, 11) is 0. The molecule has 2 heterocycles. The number of ether oxygens (including phenoxy) is 1. The lowest BCUT2D eigenvalue weighted by atomic mass is 9.97. The molecule has 0 spiro atoms. The van der Waals surface area contributed by atoms with Gasteiger partial charge in [-0.15, -0.1) is 0 Å². The molecule has 2 saturated heterocycles. The molecule has 0 radical (unpaired) electrons. The Morgan fingerprint density at radius 3 is 2.73 bits per heavy atom. The van der Waals surface area contributed by atoms with Gasteiger partial charge in [-0.2, -0.15) is 0 Å². The lowest BCUT2D eigenvalue weighted by molar-refractivity contribution is -0.143. The molecule has 4 heteroatoms. The molecule has 4 nitrogen and oxygen atoms in total. The van der Waals surface area contributed by atoms with Gasteiger partial charge < -0.3 is 9.64 Å². The van der Waals surface area contributed by atoms with Crippen LogP contribution < -0.4 is 0 Å². The molecule has 0 aromatic heterocycles. The van der Waals surface area contributed by atoms with E-state index < -0.39 is 0 Å². The van der Waals surface area contributed by atoms with Crippen molar-refractivity contribution in [3.63, 3.8) is 0 Å². The van der Waals surface area contributed by atoms with Crippen LogP contribution in [0.5, 0.6) is 0 Å². The molecular weight excluding hydrogens is 194 g/mol. The second kappa shape index (κ2) is 4.75. The number of likely N-dealkylation sites (tertiary alicyclic amines) is 1. The maximum Gasteiger partial charge on any atom is 0.226 e. The van der Waals surface area contributed by atoms with Crippen LogP contribution in [0, 0.1) is 5.92 Å². The monoisotopic (exact) mass is 211 g/mol. The molecule has 2 aliphatic heterocycles. The third kappa shape index (κ3) is 2.56. The van der Waals surface area contributed by atoms with Crippen LogP contribution in [0.15, 0.2) is 0 Å². The summed E-state index contributed by atoms with van der Waals surface area (Å²) in [6.45, 7) is 2.44. The number of hydrogen-bond acceptors (Lipinski definition) is 3. The van der Waals surface area contributed by atoms with E-state index in [-0.39, 0.29) is 17.6 Å². The number of ketones is 1. The van der Waals surface area contributed by atoms with Gasteiger partial charge in [-0.05, 0) is 19.3 Å². The van der Waals surface area contributed by atoms with E-state index in [9.17, 15) is 9.59 Å². The second-order valence-corrected chi connectivity index (χ2v) is 4.29. The summed E-state index contributed by atoms with van der Waals surface area (Å²) in [5.41, 5.74) is 0. The van der Waals surface area contributed by atoms with Crippen LogP contribution in [-0.4, -0.2) is 42.9 Å². The van der Waals surface area contributed by atoms with Gasteiger partial charge in [0.1, 0.15) is 0 Å². The minimum atomic E-state index is 0.0876. The first-order valence-corrected chi connectivity index (χ1v) is 5.65. The second-order valence-electron chi connectivity index (χ2n) is 4.29. The Morgan fingerprint density at radius 2 is 2.07 bits per heavy atom. The fourth-order valence-corrected chi connectivity index (χ4v) is 2.23. The molecule has 0 atom stereocenters. The van der Waals surface area contributed by atoms with E-state index in [1.807, 2.05) is 0 Å². The van der Waals surface area contributed by atoms with Crippen molar-refractivity contribution in [1.82, 2.24) is 4.90 Å². The SMILES string of the molecule is O=C1CCCN(C(=O)C2CCOCC2)C1. The van der Waals surface area contributed by atoms with Crippen molar-refractivity contribution < 1.29 is 14.3 Å². The van der Waals surface area contributed by atoms with E-state index in [1.165, 1.54) is 0 Å². The van der Waals surface area contributed by atoms with Gasteiger partial charge in [0.25, 0.3) is 0 Å². The lowest BCUT2D eigenvalue weighted by Gasteiger charge is -2.31. The number of hydrogen-bond donors (Lipinski definition) is 0. The molecule has 84 valence electrons.